The number of aliphatic imine (C=N–C) groups is 1. The van der Waals surface area contributed by atoms with Gasteiger partial charge in [-0.15, -0.1) is 0 Å². The molecule has 0 spiro atoms. The second-order valence-electron chi connectivity index (χ2n) is 8.30. The lowest BCUT2D eigenvalue weighted by Gasteiger charge is -2.30. The van der Waals surface area contributed by atoms with Crippen molar-refractivity contribution < 1.29 is 4.52 Å². The van der Waals surface area contributed by atoms with Crippen molar-refractivity contribution in [3.05, 3.63) is 52.4 Å². The van der Waals surface area contributed by atoms with Gasteiger partial charge in [-0.2, -0.15) is 0 Å². The van der Waals surface area contributed by atoms with E-state index in [4.69, 9.17) is 4.52 Å². The highest BCUT2D eigenvalue weighted by molar-refractivity contribution is 5.79. The fourth-order valence-electron chi connectivity index (χ4n) is 4.03. The zero-order valence-electron chi connectivity index (χ0n) is 19.0. The van der Waals surface area contributed by atoms with Crippen LogP contribution in [0.15, 0.2) is 33.8 Å². The Kier molecular flexibility index (Phi) is 8.31. The van der Waals surface area contributed by atoms with Gasteiger partial charge in [0.25, 0.3) is 0 Å². The second-order valence-corrected chi connectivity index (χ2v) is 8.30. The number of aromatic nitrogens is 1. The van der Waals surface area contributed by atoms with Gasteiger partial charge >= 0.3 is 0 Å². The molecule has 0 aliphatic carbocycles. The van der Waals surface area contributed by atoms with Gasteiger partial charge in [-0.3, -0.25) is 9.89 Å². The Balaban J connectivity index is 1.52. The van der Waals surface area contributed by atoms with Crippen molar-refractivity contribution >= 4 is 5.96 Å². The summed E-state index contributed by atoms with van der Waals surface area (Å²) >= 11 is 0. The topological polar surface area (TPSA) is 65.7 Å². The van der Waals surface area contributed by atoms with Gasteiger partial charge in [0.1, 0.15) is 5.76 Å². The highest BCUT2D eigenvalue weighted by Gasteiger charge is 2.16. The Hall–Kier alpha value is -2.34. The lowest BCUT2D eigenvalue weighted by molar-refractivity contribution is 0.185. The third kappa shape index (κ3) is 6.08. The van der Waals surface area contributed by atoms with Crippen LogP contribution in [-0.4, -0.2) is 36.2 Å². The Morgan fingerprint density at radius 2 is 1.87 bits per heavy atom. The van der Waals surface area contributed by atoms with Crippen LogP contribution < -0.4 is 10.6 Å². The van der Waals surface area contributed by atoms with E-state index in [2.05, 4.69) is 70.7 Å². The lowest BCUT2D eigenvalue weighted by Crippen LogP contribution is -2.36. The van der Waals surface area contributed by atoms with Crippen LogP contribution in [0.4, 0.5) is 0 Å². The van der Waals surface area contributed by atoms with E-state index in [0.717, 1.165) is 54.8 Å². The van der Waals surface area contributed by atoms with Crippen molar-refractivity contribution in [2.75, 3.05) is 20.1 Å². The molecule has 1 aliphatic rings. The molecule has 0 radical (unpaired) electrons. The smallest absolute Gasteiger partial charge is 0.191 e. The third-order valence-corrected chi connectivity index (χ3v) is 6.00. The van der Waals surface area contributed by atoms with Crippen LogP contribution in [0.5, 0.6) is 0 Å². The molecule has 164 valence electrons. The van der Waals surface area contributed by atoms with Crippen LogP contribution in [0.3, 0.4) is 0 Å². The number of rotatable bonds is 8. The largest absolute Gasteiger partial charge is 0.361 e. The zero-order valence-corrected chi connectivity index (χ0v) is 19.0. The molecule has 0 bridgehead atoms. The van der Waals surface area contributed by atoms with Gasteiger partial charge in [0.05, 0.1) is 5.69 Å². The minimum Gasteiger partial charge on any atom is -0.361 e. The van der Waals surface area contributed by atoms with Crippen molar-refractivity contribution in [1.29, 1.82) is 0 Å². The number of nitrogens with zero attached hydrogens (tertiary/aromatic N) is 3. The molecule has 1 aromatic carbocycles. The fourth-order valence-corrected chi connectivity index (χ4v) is 4.03. The van der Waals surface area contributed by atoms with E-state index >= 15 is 0 Å². The molecule has 1 fully saturated rings. The summed E-state index contributed by atoms with van der Waals surface area (Å²) in [6.07, 6.45) is 4.35. The van der Waals surface area contributed by atoms with E-state index in [1.807, 2.05) is 0 Å². The lowest BCUT2D eigenvalue weighted by atomic mass is 9.98. The van der Waals surface area contributed by atoms with E-state index < -0.39 is 0 Å². The predicted octanol–water partition coefficient (Wildman–Crippen LogP) is 3.90. The van der Waals surface area contributed by atoms with E-state index in [1.165, 1.54) is 37.1 Å². The summed E-state index contributed by atoms with van der Waals surface area (Å²) in [5.74, 6) is 2.61. The summed E-state index contributed by atoms with van der Waals surface area (Å²) in [4.78, 5) is 6.94. The minimum atomic E-state index is 0.670. The number of aryl methyl sites for hydroxylation is 2. The molecule has 6 heteroatoms. The summed E-state index contributed by atoms with van der Waals surface area (Å²) in [7, 11) is 1.80. The Morgan fingerprint density at radius 3 is 2.57 bits per heavy atom. The van der Waals surface area contributed by atoms with E-state index in [0.29, 0.717) is 6.54 Å². The monoisotopic (exact) mass is 411 g/mol. The summed E-state index contributed by atoms with van der Waals surface area (Å²) in [5.41, 5.74) is 4.83. The van der Waals surface area contributed by atoms with Crippen molar-refractivity contribution in [3.63, 3.8) is 0 Å². The molecule has 0 atom stereocenters. The van der Waals surface area contributed by atoms with E-state index in [1.54, 1.807) is 7.05 Å². The maximum absolute atomic E-state index is 5.46. The van der Waals surface area contributed by atoms with Gasteiger partial charge in [-0.05, 0) is 49.4 Å². The number of hydrogen-bond donors (Lipinski definition) is 2. The minimum absolute atomic E-state index is 0.670. The second kappa shape index (κ2) is 11.2. The van der Waals surface area contributed by atoms with Crippen molar-refractivity contribution in [1.82, 2.24) is 20.7 Å². The molecular formula is C24H37N5O. The standard InChI is InChI=1S/C24H37N5O/c1-5-22-21(23(6-2)30-28-22)16-27-24(25-4)26-15-19-8-7-9-20(14-19)17-29-12-10-18(3)11-13-29/h7-9,14,18H,5-6,10-13,15-17H2,1-4H3,(H2,25,26,27). The van der Waals surface area contributed by atoms with Gasteiger partial charge < -0.3 is 15.2 Å². The van der Waals surface area contributed by atoms with Crippen LogP contribution in [-0.2, 0) is 32.5 Å². The van der Waals surface area contributed by atoms with Crippen LogP contribution in [0.25, 0.3) is 0 Å². The van der Waals surface area contributed by atoms with Crippen molar-refractivity contribution in [3.8, 4) is 0 Å². The number of piperidine rings is 1. The first-order valence-corrected chi connectivity index (χ1v) is 11.3. The highest BCUT2D eigenvalue weighted by Crippen LogP contribution is 2.19. The maximum Gasteiger partial charge on any atom is 0.191 e. The molecule has 1 saturated heterocycles. The number of guanidine groups is 1. The summed E-state index contributed by atoms with van der Waals surface area (Å²) in [5, 5.41) is 11.0. The van der Waals surface area contributed by atoms with Gasteiger partial charge in [0.2, 0.25) is 0 Å². The molecule has 0 saturated carbocycles. The first-order chi connectivity index (χ1) is 14.6. The SMILES string of the molecule is CCc1noc(CC)c1CNC(=NC)NCc1cccc(CN2CCC(C)CC2)c1. The van der Waals surface area contributed by atoms with Gasteiger partial charge in [0.15, 0.2) is 5.96 Å². The maximum atomic E-state index is 5.46. The van der Waals surface area contributed by atoms with Crippen LogP contribution in [0.1, 0.15) is 61.8 Å². The summed E-state index contributed by atoms with van der Waals surface area (Å²) in [6.45, 7) is 11.4. The van der Waals surface area contributed by atoms with Crippen molar-refractivity contribution in [2.24, 2.45) is 10.9 Å². The number of hydrogen-bond acceptors (Lipinski definition) is 4. The molecule has 1 aliphatic heterocycles. The molecule has 2 N–H and O–H groups in total. The first kappa shape index (κ1) is 22.3. The molecule has 2 heterocycles. The van der Waals surface area contributed by atoms with Crippen LogP contribution >= 0.6 is 0 Å². The molecule has 0 unspecified atom stereocenters. The van der Waals surface area contributed by atoms with Crippen molar-refractivity contribution in [2.45, 2.75) is 66.1 Å². The van der Waals surface area contributed by atoms with Gasteiger partial charge in [-0.25, -0.2) is 0 Å². The summed E-state index contributed by atoms with van der Waals surface area (Å²) < 4.78 is 5.46. The number of benzene rings is 1. The molecular weight excluding hydrogens is 374 g/mol. The molecule has 3 rings (SSSR count). The van der Waals surface area contributed by atoms with E-state index in [9.17, 15) is 0 Å². The summed E-state index contributed by atoms with van der Waals surface area (Å²) in [6, 6.07) is 8.88. The Bertz CT molecular complexity index is 799. The number of nitrogens with one attached hydrogen (secondary N) is 2. The van der Waals surface area contributed by atoms with E-state index in [-0.39, 0.29) is 0 Å². The van der Waals surface area contributed by atoms with Gasteiger partial charge in [-0.1, -0.05) is 50.2 Å². The zero-order chi connectivity index (χ0) is 21.3. The molecule has 1 aromatic heterocycles. The highest BCUT2D eigenvalue weighted by atomic mass is 16.5. The molecule has 30 heavy (non-hydrogen) atoms. The third-order valence-electron chi connectivity index (χ3n) is 6.00. The number of likely N-dealkylation sites (tertiary alicyclic amines) is 1. The predicted molar refractivity (Wildman–Crippen MR) is 122 cm³/mol. The molecule has 2 aromatic rings. The van der Waals surface area contributed by atoms with Crippen LogP contribution in [0.2, 0.25) is 0 Å². The fraction of sp³-hybridized carbons (Fsp3) is 0.583. The molecule has 6 nitrogen and oxygen atoms in total. The van der Waals surface area contributed by atoms with Crippen LogP contribution in [0, 0.1) is 5.92 Å². The Labute approximate surface area is 181 Å². The molecule has 0 amide bonds. The normalized spacial score (nSPS) is 16.1. The van der Waals surface area contributed by atoms with Gasteiger partial charge in [0, 0.05) is 38.7 Å². The Morgan fingerprint density at radius 1 is 1.13 bits per heavy atom. The average Bonchev–Trinajstić information content (AvgIpc) is 3.18. The average molecular weight is 412 g/mol. The quantitative estimate of drug-likeness (QED) is 0.509. The first-order valence-electron chi connectivity index (χ1n) is 11.3.